The fourth-order valence-corrected chi connectivity index (χ4v) is 6.64. The number of hydrogen-bond donors (Lipinski definition) is 3. The number of carboxylic acids is 1. The molecule has 268 valence electrons. The number of fused-ring (bicyclic) bond motifs is 4. The third kappa shape index (κ3) is 8.08. The van der Waals surface area contributed by atoms with Crippen LogP contribution in [-0.4, -0.2) is 98.6 Å². The zero-order valence-electron chi connectivity index (χ0n) is 28.1. The summed E-state index contributed by atoms with van der Waals surface area (Å²) in [5.74, 6) is 0.417. The number of carboxylic acid groups (broad SMARTS) is 1. The molecule has 3 heterocycles. The summed E-state index contributed by atoms with van der Waals surface area (Å²) < 4.78 is 54.1. The number of methoxy groups -OCH3 is 3. The predicted octanol–water partition coefficient (Wildman–Crippen LogP) is 4.98. The van der Waals surface area contributed by atoms with Crippen molar-refractivity contribution in [1.29, 1.82) is 0 Å². The van der Waals surface area contributed by atoms with Gasteiger partial charge in [-0.15, -0.1) is 0 Å². The zero-order chi connectivity index (χ0) is 35.9. The predicted molar refractivity (Wildman–Crippen MR) is 180 cm³/mol. The summed E-state index contributed by atoms with van der Waals surface area (Å²) in [6, 6.07) is 21.9. The number of rotatable bonds is 11. The number of carbonyl (C=O) groups is 2. The van der Waals surface area contributed by atoms with Gasteiger partial charge in [0, 0.05) is 49.3 Å². The molecule has 4 aromatic rings. The number of benzene rings is 3. The number of aromatic nitrogens is 1. The Morgan fingerprint density at radius 1 is 0.940 bits per heavy atom. The largest absolute Gasteiger partial charge is 0.497 e. The fourth-order valence-electron chi connectivity index (χ4n) is 6.64. The Hall–Kier alpha value is -4.95. The van der Waals surface area contributed by atoms with E-state index in [1.54, 1.807) is 21.3 Å². The van der Waals surface area contributed by atoms with Crippen LogP contribution in [0.3, 0.4) is 0 Å². The molecular formula is C36H41F3N4O7. The highest BCUT2D eigenvalue weighted by atomic mass is 19.4. The van der Waals surface area contributed by atoms with Crippen LogP contribution in [0.25, 0.3) is 10.9 Å². The molecule has 0 aliphatic carbocycles. The number of aliphatic carboxylic acids is 1. The highest BCUT2D eigenvalue weighted by Crippen LogP contribution is 2.45. The number of carbonyl (C=O) groups excluding carboxylic acids is 1. The number of nitrogens with zero attached hydrogens (tertiary/aromatic N) is 2. The van der Waals surface area contributed by atoms with Gasteiger partial charge in [-0.1, -0.05) is 24.3 Å². The normalized spacial score (nSPS) is 17.2. The third-order valence-corrected chi connectivity index (χ3v) is 9.02. The molecule has 0 saturated carbocycles. The molecule has 1 atom stereocenters. The van der Waals surface area contributed by atoms with E-state index < -0.39 is 17.7 Å². The average Bonchev–Trinajstić information content (AvgIpc) is 3.71. The van der Waals surface area contributed by atoms with Crippen LogP contribution in [-0.2, 0) is 28.1 Å². The Morgan fingerprint density at radius 2 is 1.68 bits per heavy atom. The molecule has 1 fully saturated rings. The first-order valence-corrected chi connectivity index (χ1v) is 16.1. The van der Waals surface area contributed by atoms with Crippen molar-refractivity contribution in [1.82, 2.24) is 20.1 Å². The van der Waals surface area contributed by atoms with Gasteiger partial charge in [0.1, 0.15) is 18.1 Å². The Bertz CT molecular complexity index is 1780. The lowest BCUT2D eigenvalue weighted by molar-refractivity contribution is -0.192. The van der Waals surface area contributed by atoms with E-state index >= 15 is 0 Å². The molecule has 6 rings (SSSR count). The second-order valence-electron chi connectivity index (χ2n) is 12.0. The lowest BCUT2D eigenvalue weighted by Gasteiger charge is -2.45. The van der Waals surface area contributed by atoms with E-state index in [9.17, 15) is 18.0 Å². The average molecular weight is 699 g/mol. The van der Waals surface area contributed by atoms with E-state index in [1.165, 1.54) is 10.9 Å². The standard InChI is InChI=1S/C34H40N4O5.C2HF3O2/c1-40-26-10-11-29-28(20-26)27-13-15-38(32(39)22-35-21-24-9-12-30(41-2)31(19-24)42-3)34(33(27)36-29)14-16-37(23-34)17-18-43-25-7-5-4-6-8-25;3-2(4,5)1(6)7/h4-12,19-20,35-36H,13-18,21-23H2,1-3H3;(H,6,7). The topological polar surface area (TPSA) is 126 Å². The molecule has 3 aromatic carbocycles. The van der Waals surface area contributed by atoms with Crippen LogP contribution in [0.1, 0.15) is 23.2 Å². The van der Waals surface area contributed by atoms with E-state index in [2.05, 4.69) is 32.2 Å². The number of likely N-dealkylation sites (tertiary alicyclic amines) is 1. The summed E-state index contributed by atoms with van der Waals surface area (Å²) in [6.45, 7) is 4.49. The van der Waals surface area contributed by atoms with Crippen LogP contribution < -0.4 is 24.3 Å². The molecule has 0 radical (unpaired) electrons. The minimum absolute atomic E-state index is 0.102. The van der Waals surface area contributed by atoms with E-state index in [1.807, 2.05) is 54.6 Å². The number of hydrogen-bond acceptors (Lipinski definition) is 8. The van der Waals surface area contributed by atoms with Crippen molar-refractivity contribution in [3.63, 3.8) is 0 Å². The highest BCUT2D eigenvalue weighted by Gasteiger charge is 2.50. The molecule has 50 heavy (non-hydrogen) atoms. The molecule has 1 aromatic heterocycles. The molecular weight excluding hydrogens is 657 g/mol. The van der Waals surface area contributed by atoms with Crippen molar-refractivity contribution in [3.05, 3.63) is 83.6 Å². The Labute approximate surface area is 287 Å². The van der Waals surface area contributed by atoms with Gasteiger partial charge >= 0.3 is 12.1 Å². The van der Waals surface area contributed by atoms with E-state index in [0.717, 1.165) is 60.7 Å². The lowest BCUT2D eigenvalue weighted by Crippen LogP contribution is -2.56. The second kappa shape index (κ2) is 15.7. The van der Waals surface area contributed by atoms with Gasteiger partial charge in [-0.05, 0) is 66.4 Å². The summed E-state index contributed by atoms with van der Waals surface area (Å²) in [5.41, 5.74) is 4.11. The summed E-state index contributed by atoms with van der Waals surface area (Å²) in [7, 11) is 4.95. The van der Waals surface area contributed by atoms with Gasteiger partial charge < -0.3 is 39.3 Å². The van der Waals surface area contributed by atoms with Gasteiger partial charge in [-0.3, -0.25) is 9.69 Å². The zero-order valence-corrected chi connectivity index (χ0v) is 28.1. The smallest absolute Gasteiger partial charge is 0.490 e. The van der Waals surface area contributed by atoms with Gasteiger partial charge in [-0.25, -0.2) is 4.79 Å². The molecule has 14 heteroatoms. The van der Waals surface area contributed by atoms with Crippen molar-refractivity contribution in [2.45, 2.75) is 31.1 Å². The molecule has 1 saturated heterocycles. The summed E-state index contributed by atoms with van der Waals surface area (Å²) in [4.78, 5) is 31.1. The SMILES string of the molecule is COc1ccc2[nH]c3c(c2c1)CCN(C(=O)CNCc1ccc(OC)c(OC)c1)C31CCN(CCOc2ccccc2)C1.O=C(O)C(F)(F)F. The van der Waals surface area contributed by atoms with Crippen molar-refractivity contribution in [3.8, 4) is 23.0 Å². The van der Waals surface area contributed by atoms with E-state index in [4.69, 9.17) is 28.8 Å². The molecule has 2 aliphatic rings. The van der Waals surface area contributed by atoms with Crippen LogP contribution in [0.15, 0.2) is 66.7 Å². The summed E-state index contributed by atoms with van der Waals surface area (Å²) in [5, 5.41) is 11.7. The molecule has 3 N–H and O–H groups in total. The molecule has 11 nitrogen and oxygen atoms in total. The highest BCUT2D eigenvalue weighted by molar-refractivity contribution is 5.88. The van der Waals surface area contributed by atoms with Crippen LogP contribution in [0.5, 0.6) is 23.0 Å². The van der Waals surface area contributed by atoms with Gasteiger partial charge in [-0.2, -0.15) is 13.2 Å². The van der Waals surface area contributed by atoms with Gasteiger partial charge in [0.25, 0.3) is 0 Å². The monoisotopic (exact) mass is 698 g/mol. The number of H-pyrrole nitrogens is 1. The molecule has 2 aliphatic heterocycles. The number of amides is 1. The molecule has 1 spiro atoms. The summed E-state index contributed by atoms with van der Waals surface area (Å²) in [6.07, 6.45) is -3.43. The van der Waals surface area contributed by atoms with Crippen LogP contribution >= 0.6 is 0 Å². The molecule has 1 unspecified atom stereocenters. The minimum Gasteiger partial charge on any atom is -0.497 e. The number of halogens is 3. The number of aromatic amines is 1. The van der Waals surface area contributed by atoms with Crippen molar-refractivity contribution < 1.29 is 46.8 Å². The maximum absolute atomic E-state index is 13.9. The van der Waals surface area contributed by atoms with Gasteiger partial charge in [0.15, 0.2) is 11.5 Å². The third-order valence-electron chi connectivity index (χ3n) is 9.02. The second-order valence-corrected chi connectivity index (χ2v) is 12.0. The maximum atomic E-state index is 13.9. The van der Waals surface area contributed by atoms with Crippen molar-refractivity contribution >= 4 is 22.8 Å². The van der Waals surface area contributed by atoms with Crippen LogP contribution in [0.2, 0.25) is 0 Å². The van der Waals surface area contributed by atoms with E-state index in [-0.39, 0.29) is 12.5 Å². The number of nitrogens with one attached hydrogen (secondary N) is 2. The number of alkyl halides is 3. The number of ether oxygens (including phenoxy) is 4. The number of para-hydroxylation sites is 1. The Morgan fingerprint density at radius 3 is 2.36 bits per heavy atom. The molecule has 1 amide bonds. The fraction of sp³-hybridized carbons (Fsp3) is 0.389. The quantitative estimate of drug-likeness (QED) is 0.199. The Kier molecular flexibility index (Phi) is 11.4. The van der Waals surface area contributed by atoms with Gasteiger partial charge in [0.05, 0.1) is 33.4 Å². The van der Waals surface area contributed by atoms with Crippen molar-refractivity contribution in [2.24, 2.45) is 0 Å². The molecule has 0 bridgehead atoms. The first kappa shape index (κ1) is 36.3. The lowest BCUT2D eigenvalue weighted by atomic mass is 9.83. The first-order chi connectivity index (χ1) is 24.0. The Balaban J connectivity index is 0.000000630. The van der Waals surface area contributed by atoms with Gasteiger partial charge in [0.2, 0.25) is 5.91 Å². The van der Waals surface area contributed by atoms with Crippen molar-refractivity contribution in [2.75, 3.05) is 60.7 Å². The minimum atomic E-state index is -5.08. The van der Waals surface area contributed by atoms with Crippen LogP contribution in [0, 0.1) is 0 Å². The van der Waals surface area contributed by atoms with E-state index in [0.29, 0.717) is 31.2 Å². The first-order valence-electron chi connectivity index (χ1n) is 16.1. The van der Waals surface area contributed by atoms with Crippen LogP contribution in [0.4, 0.5) is 13.2 Å². The maximum Gasteiger partial charge on any atom is 0.490 e. The summed E-state index contributed by atoms with van der Waals surface area (Å²) >= 11 is 0.